The minimum Gasteiger partial charge on any atom is -0.385 e. The Balaban J connectivity index is 1.50. The summed E-state index contributed by atoms with van der Waals surface area (Å²) in [5, 5.41) is 3.31. The summed E-state index contributed by atoms with van der Waals surface area (Å²) in [6.45, 7) is 5.70. The second-order valence-electron chi connectivity index (χ2n) is 6.76. The molecule has 1 aliphatic heterocycles. The maximum absolute atomic E-state index is 12.8. The van der Waals surface area contributed by atoms with Gasteiger partial charge < -0.3 is 15.0 Å². The number of benzene rings is 1. The fourth-order valence-electron chi connectivity index (χ4n) is 3.22. The van der Waals surface area contributed by atoms with Gasteiger partial charge in [0.25, 0.3) is 5.91 Å². The van der Waals surface area contributed by atoms with Crippen LogP contribution in [0.15, 0.2) is 48.7 Å². The smallest absolute Gasteiger partial charge is 0.272 e. The van der Waals surface area contributed by atoms with Crippen LogP contribution in [0.5, 0.6) is 0 Å². The Kier molecular flexibility index (Phi) is 7.19. The summed E-state index contributed by atoms with van der Waals surface area (Å²) in [6.07, 6.45) is 2.61. The van der Waals surface area contributed by atoms with Crippen LogP contribution in [-0.4, -0.2) is 67.1 Å². The van der Waals surface area contributed by atoms with Crippen molar-refractivity contribution in [3.05, 3.63) is 59.9 Å². The second-order valence-corrected chi connectivity index (χ2v) is 6.76. The molecule has 6 nitrogen and oxygen atoms in total. The molecule has 0 saturated carbocycles. The quantitative estimate of drug-likeness (QED) is 0.726. The molecule has 1 aliphatic rings. The third kappa shape index (κ3) is 5.77. The van der Waals surface area contributed by atoms with E-state index in [-0.39, 0.29) is 5.91 Å². The normalized spacial score (nSPS) is 14.9. The maximum atomic E-state index is 12.8. The SMILES string of the molecule is COCCCNc1ccnc(C(=O)N2CCN(Cc3ccccc3)CC2)c1. The number of hydrogen-bond acceptors (Lipinski definition) is 5. The molecular formula is C21H28N4O2. The van der Waals surface area contributed by atoms with Crippen LogP contribution in [-0.2, 0) is 11.3 Å². The average molecular weight is 368 g/mol. The third-order valence-corrected chi connectivity index (χ3v) is 4.74. The van der Waals surface area contributed by atoms with Crippen LogP contribution in [0, 0.1) is 0 Å². The van der Waals surface area contributed by atoms with E-state index < -0.39 is 0 Å². The summed E-state index contributed by atoms with van der Waals surface area (Å²) in [7, 11) is 1.70. The van der Waals surface area contributed by atoms with Crippen LogP contribution >= 0.6 is 0 Å². The molecule has 144 valence electrons. The van der Waals surface area contributed by atoms with Gasteiger partial charge in [-0.1, -0.05) is 30.3 Å². The zero-order chi connectivity index (χ0) is 18.9. The predicted octanol–water partition coefficient (Wildman–Crippen LogP) is 2.49. The van der Waals surface area contributed by atoms with E-state index >= 15 is 0 Å². The first-order valence-corrected chi connectivity index (χ1v) is 9.50. The zero-order valence-corrected chi connectivity index (χ0v) is 15.9. The van der Waals surface area contributed by atoms with Gasteiger partial charge in [0.2, 0.25) is 0 Å². The Morgan fingerprint density at radius 1 is 1.15 bits per heavy atom. The highest BCUT2D eigenvalue weighted by Crippen LogP contribution is 2.13. The molecule has 1 N–H and O–H groups in total. The average Bonchev–Trinajstić information content (AvgIpc) is 2.72. The summed E-state index contributed by atoms with van der Waals surface area (Å²) < 4.78 is 5.05. The number of rotatable bonds is 8. The van der Waals surface area contributed by atoms with Crippen molar-refractivity contribution in [1.29, 1.82) is 0 Å². The largest absolute Gasteiger partial charge is 0.385 e. The number of carbonyl (C=O) groups is 1. The molecule has 1 saturated heterocycles. The number of aromatic nitrogens is 1. The van der Waals surface area contributed by atoms with Gasteiger partial charge in [-0.3, -0.25) is 14.7 Å². The molecule has 1 fully saturated rings. The van der Waals surface area contributed by atoms with E-state index in [0.29, 0.717) is 5.69 Å². The molecule has 1 aromatic carbocycles. The van der Waals surface area contributed by atoms with Crippen LogP contribution < -0.4 is 5.32 Å². The van der Waals surface area contributed by atoms with E-state index in [1.54, 1.807) is 13.3 Å². The van der Waals surface area contributed by atoms with Crippen LogP contribution in [0.3, 0.4) is 0 Å². The minimum atomic E-state index is 0.00917. The summed E-state index contributed by atoms with van der Waals surface area (Å²) in [5.74, 6) is 0.00917. The lowest BCUT2D eigenvalue weighted by Crippen LogP contribution is -2.48. The van der Waals surface area contributed by atoms with E-state index in [1.165, 1.54) is 5.56 Å². The Hall–Kier alpha value is -2.44. The molecule has 3 rings (SSSR count). The number of methoxy groups -OCH3 is 1. The van der Waals surface area contributed by atoms with E-state index in [4.69, 9.17) is 4.74 Å². The van der Waals surface area contributed by atoms with Gasteiger partial charge in [0, 0.05) is 64.9 Å². The van der Waals surface area contributed by atoms with Crippen molar-refractivity contribution in [2.75, 3.05) is 51.8 Å². The molecule has 0 atom stereocenters. The van der Waals surface area contributed by atoms with E-state index in [0.717, 1.165) is 58.0 Å². The number of piperazine rings is 1. The van der Waals surface area contributed by atoms with Crippen molar-refractivity contribution in [3.8, 4) is 0 Å². The Labute approximate surface area is 161 Å². The van der Waals surface area contributed by atoms with Gasteiger partial charge in [0.05, 0.1) is 0 Å². The molecule has 0 aliphatic carbocycles. The molecule has 0 unspecified atom stereocenters. The summed E-state index contributed by atoms with van der Waals surface area (Å²) in [6, 6.07) is 14.2. The number of nitrogens with zero attached hydrogens (tertiary/aromatic N) is 3. The van der Waals surface area contributed by atoms with E-state index in [2.05, 4.69) is 39.5 Å². The van der Waals surface area contributed by atoms with Crippen molar-refractivity contribution in [3.63, 3.8) is 0 Å². The molecule has 1 aromatic heterocycles. The summed E-state index contributed by atoms with van der Waals surface area (Å²) in [4.78, 5) is 21.4. The second kappa shape index (κ2) is 10.0. The maximum Gasteiger partial charge on any atom is 0.272 e. The highest BCUT2D eigenvalue weighted by atomic mass is 16.5. The van der Waals surface area contributed by atoms with E-state index in [1.807, 2.05) is 23.1 Å². The fourth-order valence-corrected chi connectivity index (χ4v) is 3.22. The van der Waals surface area contributed by atoms with Crippen LogP contribution in [0.1, 0.15) is 22.5 Å². The van der Waals surface area contributed by atoms with Crippen molar-refractivity contribution in [1.82, 2.24) is 14.8 Å². The fraction of sp³-hybridized carbons (Fsp3) is 0.429. The van der Waals surface area contributed by atoms with Crippen LogP contribution in [0.4, 0.5) is 5.69 Å². The summed E-state index contributed by atoms with van der Waals surface area (Å²) >= 11 is 0. The zero-order valence-electron chi connectivity index (χ0n) is 15.9. The number of ether oxygens (including phenoxy) is 1. The van der Waals surface area contributed by atoms with Crippen LogP contribution in [0.25, 0.3) is 0 Å². The molecule has 1 amide bonds. The topological polar surface area (TPSA) is 57.7 Å². The first-order chi connectivity index (χ1) is 13.3. The Morgan fingerprint density at radius 2 is 1.93 bits per heavy atom. The molecule has 0 bridgehead atoms. The number of amides is 1. The van der Waals surface area contributed by atoms with Crippen molar-refractivity contribution >= 4 is 11.6 Å². The Bertz CT molecular complexity index is 715. The number of pyridine rings is 1. The number of nitrogens with one attached hydrogen (secondary N) is 1. The molecule has 0 spiro atoms. The highest BCUT2D eigenvalue weighted by molar-refractivity contribution is 5.93. The first kappa shape index (κ1) is 19.3. The van der Waals surface area contributed by atoms with Gasteiger partial charge in [-0.15, -0.1) is 0 Å². The standard InChI is InChI=1S/C21H28N4O2/c1-27-15-5-9-22-19-8-10-23-20(16-19)21(26)25-13-11-24(12-14-25)17-18-6-3-2-4-7-18/h2-4,6-8,10,16H,5,9,11-15,17H2,1H3,(H,22,23). The van der Waals surface area contributed by atoms with Gasteiger partial charge in [0.15, 0.2) is 0 Å². The minimum absolute atomic E-state index is 0.00917. The van der Waals surface area contributed by atoms with Gasteiger partial charge in [0.1, 0.15) is 5.69 Å². The lowest BCUT2D eigenvalue weighted by Gasteiger charge is -2.34. The predicted molar refractivity (Wildman–Crippen MR) is 107 cm³/mol. The molecule has 0 radical (unpaired) electrons. The lowest BCUT2D eigenvalue weighted by molar-refractivity contribution is 0.0623. The van der Waals surface area contributed by atoms with Crippen molar-refractivity contribution < 1.29 is 9.53 Å². The van der Waals surface area contributed by atoms with Gasteiger partial charge in [-0.25, -0.2) is 0 Å². The molecule has 6 heteroatoms. The molecular weight excluding hydrogens is 340 g/mol. The summed E-state index contributed by atoms with van der Waals surface area (Å²) in [5.41, 5.74) is 2.74. The number of carbonyl (C=O) groups excluding carboxylic acids is 1. The lowest BCUT2D eigenvalue weighted by atomic mass is 10.2. The van der Waals surface area contributed by atoms with Gasteiger partial charge in [-0.05, 0) is 24.1 Å². The molecule has 2 heterocycles. The van der Waals surface area contributed by atoms with Crippen LogP contribution in [0.2, 0.25) is 0 Å². The van der Waals surface area contributed by atoms with Crippen molar-refractivity contribution in [2.24, 2.45) is 0 Å². The third-order valence-electron chi connectivity index (χ3n) is 4.74. The molecule has 2 aromatic rings. The molecule has 27 heavy (non-hydrogen) atoms. The Morgan fingerprint density at radius 3 is 2.67 bits per heavy atom. The van der Waals surface area contributed by atoms with Gasteiger partial charge >= 0.3 is 0 Å². The van der Waals surface area contributed by atoms with Gasteiger partial charge in [-0.2, -0.15) is 0 Å². The number of hydrogen-bond donors (Lipinski definition) is 1. The van der Waals surface area contributed by atoms with E-state index in [9.17, 15) is 4.79 Å². The first-order valence-electron chi connectivity index (χ1n) is 9.50. The number of anilines is 1. The monoisotopic (exact) mass is 368 g/mol. The highest BCUT2D eigenvalue weighted by Gasteiger charge is 2.23. The van der Waals surface area contributed by atoms with Crippen molar-refractivity contribution in [2.45, 2.75) is 13.0 Å².